The number of aromatic nitrogens is 5. The van der Waals surface area contributed by atoms with Crippen molar-refractivity contribution in [2.45, 2.75) is 26.4 Å². The third-order valence-electron chi connectivity index (χ3n) is 4.42. The van der Waals surface area contributed by atoms with Crippen LogP contribution >= 0.6 is 0 Å². The first kappa shape index (κ1) is 17.9. The van der Waals surface area contributed by atoms with Gasteiger partial charge in [0.05, 0.1) is 6.33 Å². The molecule has 0 unspecified atom stereocenters. The average molecular weight is 370 g/mol. The lowest BCUT2D eigenvalue weighted by molar-refractivity contribution is 0.796. The lowest BCUT2D eigenvalue weighted by Crippen LogP contribution is -2.06. The minimum absolute atomic E-state index is 0.649. The van der Waals surface area contributed by atoms with E-state index in [2.05, 4.69) is 61.0 Å². The highest BCUT2D eigenvalue weighted by molar-refractivity contribution is 5.53. The summed E-state index contributed by atoms with van der Waals surface area (Å²) in [7, 11) is 0. The van der Waals surface area contributed by atoms with Gasteiger partial charge in [0, 0.05) is 43.4 Å². The van der Waals surface area contributed by atoms with Gasteiger partial charge in [-0.05, 0) is 29.7 Å². The van der Waals surface area contributed by atoms with Gasteiger partial charge in [-0.15, -0.1) is 0 Å². The molecule has 0 spiro atoms. The van der Waals surface area contributed by atoms with Crippen LogP contribution in [0.25, 0.3) is 11.5 Å². The summed E-state index contributed by atoms with van der Waals surface area (Å²) in [4.78, 5) is 17.7. The Morgan fingerprint density at radius 2 is 1.89 bits per heavy atom. The molecule has 4 aromatic rings. The molecule has 0 saturated carbocycles. The van der Waals surface area contributed by atoms with E-state index >= 15 is 0 Å². The average Bonchev–Trinajstić information content (AvgIpc) is 3.26. The predicted molar refractivity (Wildman–Crippen MR) is 110 cm³/mol. The third-order valence-corrected chi connectivity index (χ3v) is 4.42. The molecule has 0 aliphatic rings. The molecule has 0 amide bonds. The van der Waals surface area contributed by atoms with Gasteiger partial charge < -0.3 is 9.88 Å². The van der Waals surface area contributed by atoms with Crippen LogP contribution in [0.3, 0.4) is 0 Å². The van der Waals surface area contributed by atoms with Gasteiger partial charge in [0.2, 0.25) is 0 Å². The van der Waals surface area contributed by atoms with Crippen LogP contribution in [0.4, 0.5) is 5.82 Å². The van der Waals surface area contributed by atoms with E-state index in [9.17, 15) is 0 Å². The number of pyridine rings is 1. The molecule has 0 aliphatic carbocycles. The molecule has 3 aromatic heterocycles. The smallest absolute Gasteiger partial charge is 0.180 e. The van der Waals surface area contributed by atoms with E-state index in [1.54, 1.807) is 12.4 Å². The molecule has 3 heterocycles. The largest absolute Gasteiger partial charge is 0.366 e. The Bertz CT molecular complexity index is 1030. The number of imidazole rings is 1. The van der Waals surface area contributed by atoms with Crippen molar-refractivity contribution in [3.05, 3.63) is 90.3 Å². The van der Waals surface area contributed by atoms with Crippen LogP contribution in [0.1, 0.15) is 23.7 Å². The molecular weight excluding hydrogens is 348 g/mol. The van der Waals surface area contributed by atoms with Crippen LogP contribution in [0.15, 0.2) is 73.4 Å². The van der Waals surface area contributed by atoms with Gasteiger partial charge in [0.1, 0.15) is 11.5 Å². The molecule has 6 nitrogen and oxygen atoms in total. The molecule has 0 radical (unpaired) electrons. The zero-order valence-corrected chi connectivity index (χ0v) is 15.8. The summed E-state index contributed by atoms with van der Waals surface area (Å²) in [5.74, 6) is 1.46. The van der Waals surface area contributed by atoms with E-state index < -0.39 is 0 Å². The molecule has 1 N–H and O–H groups in total. The normalized spacial score (nSPS) is 10.8. The number of rotatable bonds is 7. The topological polar surface area (TPSA) is 68.5 Å². The van der Waals surface area contributed by atoms with Crippen LogP contribution in [0.2, 0.25) is 0 Å². The fraction of sp³-hybridized carbons (Fsp3) is 0.182. The zero-order chi connectivity index (χ0) is 19.2. The lowest BCUT2D eigenvalue weighted by atomic mass is 10.1. The predicted octanol–water partition coefficient (Wildman–Crippen LogP) is 3.96. The van der Waals surface area contributed by atoms with E-state index in [4.69, 9.17) is 0 Å². The second kappa shape index (κ2) is 8.43. The molecule has 0 bridgehead atoms. The number of hydrogen-bond acceptors (Lipinski definition) is 5. The molecule has 0 saturated heterocycles. The van der Waals surface area contributed by atoms with Crippen molar-refractivity contribution in [1.82, 2.24) is 24.5 Å². The number of aryl methyl sites for hydroxylation is 1. The van der Waals surface area contributed by atoms with Crippen LogP contribution in [-0.4, -0.2) is 24.5 Å². The summed E-state index contributed by atoms with van der Waals surface area (Å²) < 4.78 is 2.06. The summed E-state index contributed by atoms with van der Waals surface area (Å²) in [6.07, 6.45) is 8.20. The number of nitrogens with one attached hydrogen (secondary N) is 1. The summed E-state index contributed by atoms with van der Waals surface area (Å²) in [5, 5.41) is 3.43. The maximum atomic E-state index is 4.65. The van der Waals surface area contributed by atoms with E-state index in [-0.39, 0.29) is 0 Å². The molecular formula is C22H22N6. The Hall–Kier alpha value is -3.54. The summed E-state index contributed by atoms with van der Waals surface area (Å²) in [6.45, 7) is 3.60. The Balaban J connectivity index is 1.50. The maximum absolute atomic E-state index is 4.65. The fourth-order valence-electron chi connectivity index (χ4n) is 3.00. The number of anilines is 1. The monoisotopic (exact) mass is 370 g/mol. The first-order chi connectivity index (χ1) is 13.8. The molecule has 4 rings (SSSR count). The van der Waals surface area contributed by atoms with E-state index in [0.29, 0.717) is 12.4 Å². The van der Waals surface area contributed by atoms with Crippen LogP contribution in [-0.2, 0) is 19.5 Å². The number of nitrogens with zero attached hydrogens (tertiary/aromatic N) is 5. The van der Waals surface area contributed by atoms with E-state index in [1.807, 2.05) is 36.8 Å². The van der Waals surface area contributed by atoms with Gasteiger partial charge in [0.15, 0.2) is 5.82 Å². The van der Waals surface area contributed by atoms with Crippen molar-refractivity contribution in [2.75, 3.05) is 5.32 Å². The minimum atomic E-state index is 0.649. The van der Waals surface area contributed by atoms with Crippen LogP contribution in [0, 0.1) is 0 Å². The van der Waals surface area contributed by atoms with Crippen molar-refractivity contribution < 1.29 is 0 Å². The Morgan fingerprint density at radius 3 is 2.68 bits per heavy atom. The molecule has 140 valence electrons. The Kier molecular flexibility index (Phi) is 5.38. The highest BCUT2D eigenvalue weighted by Crippen LogP contribution is 2.17. The zero-order valence-electron chi connectivity index (χ0n) is 15.8. The second-order valence-electron chi connectivity index (χ2n) is 6.55. The fourth-order valence-corrected chi connectivity index (χ4v) is 3.00. The summed E-state index contributed by atoms with van der Waals surface area (Å²) in [5.41, 5.74) is 4.22. The van der Waals surface area contributed by atoms with Gasteiger partial charge in [-0.25, -0.2) is 15.0 Å². The van der Waals surface area contributed by atoms with Gasteiger partial charge in [0.25, 0.3) is 0 Å². The third kappa shape index (κ3) is 4.40. The van der Waals surface area contributed by atoms with Crippen molar-refractivity contribution in [3.63, 3.8) is 0 Å². The Labute approximate surface area is 164 Å². The van der Waals surface area contributed by atoms with E-state index in [1.165, 1.54) is 11.1 Å². The molecule has 28 heavy (non-hydrogen) atoms. The SMILES string of the molecule is CCc1cc(NCc2cccc(Cn3ccnc3)c2)nc(-c2ccccn2)n1. The maximum Gasteiger partial charge on any atom is 0.180 e. The van der Waals surface area contributed by atoms with E-state index in [0.717, 1.165) is 30.2 Å². The second-order valence-corrected chi connectivity index (χ2v) is 6.55. The summed E-state index contributed by atoms with van der Waals surface area (Å²) >= 11 is 0. The number of benzene rings is 1. The van der Waals surface area contributed by atoms with Crippen molar-refractivity contribution in [3.8, 4) is 11.5 Å². The molecule has 6 heteroatoms. The van der Waals surface area contributed by atoms with Crippen LogP contribution in [0.5, 0.6) is 0 Å². The summed E-state index contributed by atoms with van der Waals surface area (Å²) in [6, 6.07) is 16.3. The lowest BCUT2D eigenvalue weighted by Gasteiger charge is -2.10. The first-order valence-electron chi connectivity index (χ1n) is 9.37. The molecule has 0 aliphatic heterocycles. The highest BCUT2D eigenvalue weighted by Gasteiger charge is 2.07. The van der Waals surface area contributed by atoms with Gasteiger partial charge >= 0.3 is 0 Å². The highest BCUT2D eigenvalue weighted by atomic mass is 15.0. The van der Waals surface area contributed by atoms with Crippen molar-refractivity contribution in [2.24, 2.45) is 0 Å². The van der Waals surface area contributed by atoms with Gasteiger partial charge in [-0.1, -0.05) is 37.3 Å². The molecule has 0 atom stereocenters. The van der Waals surface area contributed by atoms with Crippen molar-refractivity contribution in [1.29, 1.82) is 0 Å². The standard InChI is InChI=1S/C22H22N6/c1-2-19-13-21(27-22(26-19)20-8-3-4-9-24-20)25-14-17-6-5-7-18(12-17)15-28-11-10-23-16-28/h3-13,16H,2,14-15H2,1H3,(H,25,26,27). The van der Waals surface area contributed by atoms with Crippen LogP contribution < -0.4 is 5.32 Å². The number of hydrogen-bond donors (Lipinski definition) is 1. The first-order valence-corrected chi connectivity index (χ1v) is 9.37. The molecule has 0 fully saturated rings. The van der Waals surface area contributed by atoms with Gasteiger partial charge in [-0.3, -0.25) is 4.98 Å². The van der Waals surface area contributed by atoms with Crippen molar-refractivity contribution >= 4 is 5.82 Å². The Morgan fingerprint density at radius 1 is 0.964 bits per heavy atom. The molecule has 1 aromatic carbocycles. The minimum Gasteiger partial charge on any atom is -0.366 e. The quantitative estimate of drug-likeness (QED) is 0.533. The van der Waals surface area contributed by atoms with Gasteiger partial charge in [-0.2, -0.15) is 0 Å².